The molecule has 104 valence electrons. The second kappa shape index (κ2) is 6.07. The van der Waals surface area contributed by atoms with E-state index in [1.165, 1.54) is 16.8 Å². The number of fused-ring (bicyclic) bond motifs is 1. The first kappa shape index (κ1) is 13.8. The number of anilines is 1. The topological polar surface area (TPSA) is 3.24 Å². The average Bonchev–Trinajstić information content (AvgIpc) is 2.70. The van der Waals surface area contributed by atoms with Gasteiger partial charge >= 0.3 is 0 Å². The lowest BCUT2D eigenvalue weighted by atomic mass is 10.0. The van der Waals surface area contributed by atoms with E-state index in [4.69, 9.17) is 23.2 Å². The molecule has 0 fully saturated rings. The highest BCUT2D eigenvalue weighted by molar-refractivity contribution is 6.30. The largest absolute Gasteiger partial charge is 0.371 e. The standard InChI is InChI=1S/C17H17Cl2N/c18-12-15-11-16(19)5-6-17(15)20-9-7-13-3-1-2-4-14(13)8-10-20/h1-6,11H,7-10,12H2. The molecule has 1 nitrogen and oxygen atoms in total. The van der Waals surface area contributed by atoms with Gasteiger partial charge < -0.3 is 4.90 Å². The van der Waals surface area contributed by atoms with Crippen LogP contribution in [0.1, 0.15) is 16.7 Å². The van der Waals surface area contributed by atoms with Gasteiger partial charge in [0.1, 0.15) is 0 Å². The van der Waals surface area contributed by atoms with Crippen molar-refractivity contribution < 1.29 is 0 Å². The van der Waals surface area contributed by atoms with Gasteiger partial charge in [-0.15, -0.1) is 11.6 Å². The first-order valence-electron chi connectivity index (χ1n) is 6.94. The van der Waals surface area contributed by atoms with E-state index in [-0.39, 0.29) is 0 Å². The molecular weight excluding hydrogens is 289 g/mol. The molecule has 1 aliphatic rings. The molecule has 0 amide bonds. The van der Waals surface area contributed by atoms with Crippen molar-refractivity contribution in [1.29, 1.82) is 0 Å². The van der Waals surface area contributed by atoms with Crippen LogP contribution in [0.15, 0.2) is 42.5 Å². The predicted molar refractivity (Wildman–Crippen MR) is 87.1 cm³/mol. The van der Waals surface area contributed by atoms with Crippen molar-refractivity contribution in [3.63, 3.8) is 0 Å². The normalized spacial score (nSPS) is 14.8. The van der Waals surface area contributed by atoms with E-state index >= 15 is 0 Å². The first-order chi connectivity index (χ1) is 9.78. The number of hydrogen-bond acceptors (Lipinski definition) is 1. The van der Waals surface area contributed by atoms with E-state index in [2.05, 4.69) is 35.2 Å². The number of rotatable bonds is 2. The maximum atomic E-state index is 6.07. The number of halogens is 2. The Balaban J connectivity index is 1.87. The van der Waals surface area contributed by atoms with Gasteiger partial charge in [0.2, 0.25) is 0 Å². The van der Waals surface area contributed by atoms with Crippen molar-refractivity contribution in [2.75, 3.05) is 18.0 Å². The fourth-order valence-electron chi connectivity index (χ4n) is 2.88. The van der Waals surface area contributed by atoms with Crippen LogP contribution in [0.3, 0.4) is 0 Å². The average molecular weight is 306 g/mol. The molecule has 0 aromatic heterocycles. The van der Waals surface area contributed by atoms with Crippen LogP contribution in [0, 0.1) is 0 Å². The molecule has 3 rings (SSSR count). The summed E-state index contributed by atoms with van der Waals surface area (Å²) in [5.41, 5.74) is 5.27. The molecule has 0 spiro atoms. The van der Waals surface area contributed by atoms with Crippen LogP contribution in [0.5, 0.6) is 0 Å². The number of nitrogens with zero attached hydrogens (tertiary/aromatic N) is 1. The lowest BCUT2D eigenvalue weighted by Crippen LogP contribution is -2.26. The van der Waals surface area contributed by atoms with E-state index < -0.39 is 0 Å². The first-order valence-corrected chi connectivity index (χ1v) is 7.85. The van der Waals surface area contributed by atoms with Gasteiger partial charge in [0.25, 0.3) is 0 Å². The minimum absolute atomic E-state index is 0.499. The zero-order chi connectivity index (χ0) is 13.9. The van der Waals surface area contributed by atoms with Crippen molar-refractivity contribution in [3.05, 3.63) is 64.2 Å². The van der Waals surface area contributed by atoms with Crippen LogP contribution in [0.4, 0.5) is 5.69 Å². The summed E-state index contributed by atoms with van der Waals surface area (Å²) in [6.07, 6.45) is 2.17. The van der Waals surface area contributed by atoms with Crippen LogP contribution >= 0.6 is 23.2 Å². The molecule has 3 heteroatoms. The molecule has 0 unspecified atom stereocenters. The minimum Gasteiger partial charge on any atom is -0.371 e. The lowest BCUT2D eigenvalue weighted by molar-refractivity contribution is 0.802. The van der Waals surface area contributed by atoms with Crippen molar-refractivity contribution >= 4 is 28.9 Å². The third-order valence-electron chi connectivity index (χ3n) is 3.95. The molecule has 0 radical (unpaired) electrons. The summed E-state index contributed by atoms with van der Waals surface area (Å²) in [4.78, 5) is 2.42. The predicted octanol–water partition coefficient (Wildman–Crippen LogP) is 4.68. The Kier molecular flexibility index (Phi) is 4.18. The summed E-state index contributed by atoms with van der Waals surface area (Å²) in [6, 6.07) is 14.7. The quantitative estimate of drug-likeness (QED) is 0.728. The van der Waals surface area contributed by atoms with Crippen molar-refractivity contribution in [1.82, 2.24) is 0 Å². The molecule has 1 heterocycles. The fourth-order valence-corrected chi connectivity index (χ4v) is 3.29. The summed E-state index contributed by atoms with van der Waals surface area (Å²) in [5, 5.41) is 0.752. The fraction of sp³-hybridized carbons (Fsp3) is 0.294. The van der Waals surface area contributed by atoms with Gasteiger partial charge in [-0.25, -0.2) is 0 Å². The van der Waals surface area contributed by atoms with Gasteiger partial charge in [-0.1, -0.05) is 35.9 Å². The second-order valence-electron chi connectivity index (χ2n) is 5.16. The van der Waals surface area contributed by atoms with Gasteiger partial charge in [-0.2, -0.15) is 0 Å². The SMILES string of the molecule is ClCc1cc(Cl)ccc1N1CCc2ccccc2CC1. The zero-order valence-electron chi connectivity index (χ0n) is 11.3. The number of hydrogen-bond donors (Lipinski definition) is 0. The lowest BCUT2D eigenvalue weighted by Gasteiger charge is -2.25. The molecule has 2 aromatic carbocycles. The summed E-state index contributed by atoms with van der Waals surface area (Å²) in [7, 11) is 0. The summed E-state index contributed by atoms with van der Waals surface area (Å²) in [6.45, 7) is 2.06. The molecule has 0 aliphatic carbocycles. The van der Waals surface area contributed by atoms with Crippen LogP contribution in [0.25, 0.3) is 0 Å². The van der Waals surface area contributed by atoms with Crippen molar-refractivity contribution in [2.45, 2.75) is 18.7 Å². The molecular formula is C17H17Cl2N. The number of alkyl halides is 1. The van der Waals surface area contributed by atoms with Gasteiger partial charge in [0, 0.05) is 29.7 Å². The highest BCUT2D eigenvalue weighted by atomic mass is 35.5. The molecule has 1 aliphatic heterocycles. The smallest absolute Gasteiger partial charge is 0.0495 e. The van der Waals surface area contributed by atoms with Gasteiger partial charge in [-0.3, -0.25) is 0 Å². The van der Waals surface area contributed by atoms with Crippen molar-refractivity contribution in [3.8, 4) is 0 Å². The zero-order valence-corrected chi connectivity index (χ0v) is 12.8. The van der Waals surface area contributed by atoms with Crippen LogP contribution in [-0.4, -0.2) is 13.1 Å². The van der Waals surface area contributed by atoms with Crippen LogP contribution in [-0.2, 0) is 18.7 Å². The van der Waals surface area contributed by atoms with Gasteiger partial charge in [-0.05, 0) is 47.7 Å². The number of benzene rings is 2. The van der Waals surface area contributed by atoms with Gasteiger partial charge in [0.05, 0.1) is 0 Å². The Labute approximate surface area is 130 Å². The second-order valence-corrected chi connectivity index (χ2v) is 5.87. The minimum atomic E-state index is 0.499. The highest BCUT2D eigenvalue weighted by Gasteiger charge is 2.16. The third kappa shape index (κ3) is 2.79. The Morgan fingerprint density at radius 1 is 0.950 bits per heavy atom. The highest BCUT2D eigenvalue weighted by Crippen LogP contribution is 2.28. The molecule has 20 heavy (non-hydrogen) atoms. The molecule has 0 saturated carbocycles. The maximum Gasteiger partial charge on any atom is 0.0495 e. The summed E-state index contributed by atoms with van der Waals surface area (Å²) >= 11 is 12.1. The Morgan fingerprint density at radius 2 is 1.60 bits per heavy atom. The third-order valence-corrected chi connectivity index (χ3v) is 4.47. The maximum absolute atomic E-state index is 6.07. The molecule has 0 N–H and O–H groups in total. The van der Waals surface area contributed by atoms with E-state index in [0.717, 1.165) is 36.5 Å². The van der Waals surface area contributed by atoms with E-state index in [1.54, 1.807) is 0 Å². The Bertz CT molecular complexity index is 583. The molecule has 2 aromatic rings. The van der Waals surface area contributed by atoms with Crippen LogP contribution < -0.4 is 4.90 Å². The van der Waals surface area contributed by atoms with Gasteiger partial charge in [0.15, 0.2) is 0 Å². The monoisotopic (exact) mass is 305 g/mol. The molecule has 0 saturated heterocycles. The molecule has 0 bridgehead atoms. The van der Waals surface area contributed by atoms with E-state index in [0.29, 0.717) is 5.88 Å². The Hall–Kier alpha value is -1.18. The van der Waals surface area contributed by atoms with E-state index in [9.17, 15) is 0 Å². The van der Waals surface area contributed by atoms with Crippen molar-refractivity contribution in [2.24, 2.45) is 0 Å². The Morgan fingerprint density at radius 3 is 2.20 bits per heavy atom. The molecule has 0 atom stereocenters. The van der Waals surface area contributed by atoms with E-state index in [1.807, 2.05) is 12.1 Å². The summed E-state index contributed by atoms with van der Waals surface area (Å²) < 4.78 is 0. The summed E-state index contributed by atoms with van der Waals surface area (Å²) in [5.74, 6) is 0.499. The van der Waals surface area contributed by atoms with Crippen LogP contribution in [0.2, 0.25) is 5.02 Å².